The van der Waals surface area contributed by atoms with Crippen LogP contribution in [0.4, 0.5) is 0 Å². The standard InChI is InChI=1S/C8H18O3.C2H6S/c1-3-4-10-7-8-11-6-5-9-2;1-3-2/h3-8H2,1-2H3;1-2H3. The van der Waals surface area contributed by atoms with E-state index in [1.54, 1.807) is 18.9 Å². The average molecular weight is 224 g/mol. The first-order valence-corrected chi connectivity index (χ1v) is 6.51. The van der Waals surface area contributed by atoms with Crippen molar-refractivity contribution >= 4 is 11.8 Å². The van der Waals surface area contributed by atoms with E-state index >= 15 is 0 Å². The molecule has 0 bridgehead atoms. The Kier molecular flexibility index (Phi) is 22.5. The zero-order valence-electron chi connectivity index (χ0n) is 9.88. The van der Waals surface area contributed by atoms with Crippen LogP contribution in [-0.4, -0.2) is 52.7 Å². The van der Waals surface area contributed by atoms with E-state index < -0.39 is 0 Å². The van der Waals surface area contributed by atoms with Crippen molar-refractivity contribution in [2.75, 3.05) is 52.7 Å². The number of rotatable bonds is 8. The van der Waals surface area contributed by atoms with E-state index in [1.165, 1.54) is 0 Å². The normalized spacial score (nSPS) is 9.43. The van der Waals surface area contributed by atoms with E-state index in [0.29, 0.717) is 26.4 Å². The van der Waals surface area contributed by atoms with Crippen molar-refractivity contribution in [3.63, 3.8) is 0 Å². The molecule has 0 amide bonds. The van der Waals surface area contributed by atoms with Gasteiger partial charge in [-0.05, 0) is 18.9 Å². The Morgan fingerprint density at radius 1 is 0.857 bits per heavy atom. The SMILES string of the molecule is CCCOCCOCCOC.CSC. The molecule has 0 unspecified atom stereocenters. The molecule has 0 fully saturated rings. The molecule has 3 nitrogen and oxygen atoms in total. The summed E-state index contributed by atoms with van der Waals surface area (Å²) in [6, 6.07) is 0. The molecule has 0 aliphatic carbocycles. The minimum Gasteiger partial charge on any atom is -0.382 e. The van der Waals surface area contributed by atoms with E-state index in [-0.39, 0.29) is 0 Å². The van der Waals surface area contributed by atoms with E-state index in [9.17, 15) is 0 Å². The Hall–Kier alpha value is 0.230. The minimum absolute atomic E-state index is 0.659. The fourth-order valence-corrected chi connectivity index (χ4v) is 0.609. The van der Waals surface area contributed by atoms with Crippen molar-refractivity contribution in [1.29, 1.82) is 0 Å². The molecule has 0 radical (unpaired) electrons. The zero-order chi connectivity index (χ0) is 11.1. The molecule has 0 rings (SSSR count). The number of hydrogen-bond donors (Lipinski definition) is 0. The Morgan fingerprint density at radius 2 is 1.29 bits per heavy atom. The maximum absolute atomic E-state index is 5.20. The molecule has 0 aliphatic rings. The number of hydrogen-bond acceptors (Lipinski definition) is 4. The van der Waals surface area contributed by atoms with E-state index in [0.717, 1.165) is 13.0 Å². The van der Waals surface area contributed by atoms with Crippen LogP contribution in [0.1, 0.15) is 13.3 Å². The largest absolute Gasteiger partial charge is 0.382 e. The highest BCUT2D eigenvalue weighted by molar-refractivity contribution is 7.97. The predicted molar refractivity (Wildman–Crippen MR) is 63.2 cm³/mol. The molecule has 14 heavy (non-hydrogen) atoms. The summed E-state index contributed by atoms with van der Waals surface area (Å²) < 4.78 is 15.2. The van der Waals surface area contributed by atoms with Crippen LogP contribution < -0.4 is 0 Å². The van der Waals surface area contributed by atoms with Gasteiger partial charge in [-0.2, -0.15) is 11.8 Å². The van der Waals surface area contributed by atoms with Crippen LogP contribution in [0.5, 0.6) is 0 Å². The van der Waals surface area contributed by atoms with Crippen molar-refractivity contribution in [3.8, 4) is 0 Å². The second-order valence-electron chi connectivity index (χ2n) is 2.63. The van der Waals surface area contributed by atoms with Crippen molar-refractivity contribution in [2.45, 2.75) is 13.3 Å². The summed E-state index contributed by atoms with van der Waals surface area (Å²) in [6.07, 6.45) is 5.15. The lowest BCUT2D eigenvalue weighted by Gasteiger charge is -2.03. The molecule has 0 atom stereocenters. The van der Waals surface area contributed by atoms with Crippen LogP contribution in [0.25, 0.3) is 0 Å². The second kappa shape index (κ2) is 18.9. The van der Waals surface area contributed by atoms with Crippen LogP contribution in [0.3, 0.4) is 0 Å². The first-order valence-electron chi connectivity index (χ1n) is 4.88. The Balaban J connectivity index is 0. The van der Waals surface area contributed by atoms with Gasteiger partial charge in [0, 0.05) is 13.7 Å². The first-order chi connectivity index (χ1) is 6.83. The van der Waals surface area contributed by atoms with Crippen LogP contribution in [0, 0.1) is 0 Å². The third-order valence-corrected chi connectivity index (χ3v) is 1.15. The smallest absolute Gasteiger partial charge is 0.0701 e. The van der Waals surface area contributed by atoms with E-state index in [4.69, 9.17) is 14.2 Å². The predicted octanol–water partition coefficient (Wildman–Crippen LogP) is 2.06. The quantitative estimate of drug-likeness (QED) is 0.590. The molecular formula is C10H24O3S. The van der Waals surface area contributed by atoms with Gasteiger partial charge < -0.3 is 14.2 Å². The van der Waals surface area contributed by atoms with Crippen molar-refractivity contribution in [1.82, 2.24) is 0 Å². The lowest BCUT2D eigenvalue weighted by molar-refractivity contribution is 0.0250. The molecule has 0 spiro atoms. The molecule has 0 aliphatic heterocycles. The Bertz CT molecular complexity index is 73.8. The maximum Gasteiger partial charge on any atom is 0.0701 e. The monoisotopic (exact) mass is 224 g/mol. The summed E-state index contributed by atoms with van der Waals surface area (Å²) in [5.41, 5.74) is 0. The van der Waals surface area contributed by atoms with E-state index in [1.807, 2.05) is 12.5 Å². The van der Waals surface area contributed by atoms with Crippen LogP contribution in [0.2, 0.25) is 0 Å². The van der Waals surface area contributed by atoms with Crippen LogP contribution in [-0.2, 0) is 14.2 Å². The van der Waals surface area contributed by atoms with Crippen molar-refractivity contribution in [3.05, 3.63) is 0 Å². The highest BCUT2D eigenvalue weighted by atomic mass is 32.2. The van der Waals surface area contributed by atoms with Gasteiger partial charge in [-0.25, -0.2) is 0 Å². The summed E-state index contributed by atoms with van der Waals surface area (Å²) in [5, 5.41) is 0. The fraction of sp³-hybridized carbons (Fsp3) is 1.00. The lowest BCUT2D eigenvalue weighted by Crippen LogP contribution is -2.08. The van der Waals surface area contributed by atoms with Crippen LogP contribution >= 0.6 is 11.8 Å². The molecule has 88 valence electrons. The molecule has 0 aromatic heterocycles. The summed E-state index contributed by atoms with van der Waals surface area (Å²) in [5.74, 6) is 0. The molecule has 0 saturated heterocycles. The van der Waals surface area contributed by atoms with Crippen molar-refractivity contribution in [2.24, 2.45) is 0 Å². The number of thioether (sulfide) groups is 1. The Labute approximate surface area is 92.5 Å². The number of ether oxygens (including phenoxy) is 3. The van der Waals surface area contributed by atoms with Gasteiger partial charge in [0.15, 0.2) is 0 Å². The average Bonchev–Trinajstić information content (AvgIpc) is 2.18. The Morgan fingerprint density at radius 3 is 1.71 bits per heavy atom. The van der Waals surface area contributed by atoms with Gasteiger partial charge >= 0.3 is 0 Å². The number of methoxy groups -OCH3 is 1. The molecule has 0 N–H and O–H groups in total. The minimum atomic E-state index is 0.659. The van der Waals surface area contributed by atoms with Gasteiger partial charge in [0.25, 0.3) is 0 Å². The third-order valence-electron chi connectivity index (χ3n) is 1.15. The highest BCUT2D eigenvalue weighted by Gasteiger charge is 1.87. The van der Waals surface area contributed by atoms with Crippen molar-refractivity contribution < 1.29 is 14.2 Å². The maximum atomic E-state index is 5.20. The second-order valence-corrected chi connectivity index (χ2v) is 3.44. The summed E-state index contributed by atoms with van der Waals surface area (Å²) in [6.45, 7) is 5.60. The van der Waals surface area contributed by atoms with Gasteiger partial charge in [-0.3, -0.25) is 0 Å². The van der Waals surface area contributed by atoms with Gasteiger partial charge in [-0.1, -0.05) is 6.92 Å². The molecule has 0 saturated carbocycles. The molecule has 4 heteroatoms. The van der Waals surface area contributed by atoms with E-state index in [2.05, 4.69) is 6.92 Å². The van der Waals surface area contributed by atoms with Gasteiger partial charge in [0.05, 0.1) is 26.4 Å². The highest BCUT2D eigenvalue weighted by Crippen LogP contribution is 1.81. The van der Waals surface area contributed by atoms with Gasteiger partial charge in [0.1, 0.15) is 0 Å². The van der Waals surface area contributed by atoms with Crippen LogP contribution in [0.15, 0.2) is 0 Å². The molecule has 0 aromatic carbocycles. The summed E-state index contributed by atoms with van der Waals surface area (Å²) in [4.78, 5) is 0. The lowest BCUT2D eigenvalue weighted by atomic mass is 10.5. The van der Waals surface area contributed by atoms with Gasteiger partial charge in [-0.15, -0.1) is 0 Å². The fourth-order valence-electron chi connectivity index (χ4n) is 0.609. The first kappa shape index (κ1) is 16.7. The van der Waals surface area contributed by atoms with Gasteiger partial charge in [0.2, 0.25) is 0 Å². The summed E-state index contributed by atoms with van der Waals surface area (Å²) >= 11 is 1.75. The summed E-state index contributed by atoms with van der Waals surface area (Å²) in [7, 11) is 1.66. The third kappa shape index (κ3) is 22.8. The molecule has 0 aromatic rings. The topological polar surface area (TPSA) is 27.7 Å². The zero-order valence-corrected chi connectivity index (χ0v) is 10.7. The molecule has 0 heterocycles. The molecular weight excluding hydrogens is 200 g/mol.